The highest BCUT2D eigenvalue weighted by atomic mass is 79.9. The molecule has 0 aliphatic carbocycles. The average Bonchev–Trinajstić information content (AvgIpc) is 2.05. The minimum absolute atomic E-state index is 0.0302. The maximum Gasteiger partial charge on any atom is 0.224 e. The third-order valence-electron chi connectivity index (χ3n) is 1.43. The van der Waals surface area contributed by atoms with Crippen LogP contribution in [0.5, 0.6) is 0 Å². The van der Waals surface area contributed by atoms with Gasteiger partial charge in [-0.3, -0.25) is 0 Å². The lowest BCUT2D eigenvalue weighted by Crippen LogP contribution is -2.34. The first-order valence-electron chi connectivity index (χ1n) is 3.61. The van der Waals surface area contributed by atoms with Crippen LogP contribution in [0, 0.1) is 0 Å². The van der Waals surface area contributed by atoms with E-state index in [1.54, 1.807) is 14.0 Å². The van der Waals surface area contributed by atoms with Gasteiger partial charge in [0, 0.05) is 20.2 Å². The fourth-order valence-corrected chi connectivity index (χ4v) is 2.51. The molecule has 6 heteroatoms. The Morgan fingerprint density at radius 2 is 2.08 bits per heavy atom. The van der Waals surface area contributed by atoms with Crippen molar-refractivity contribution in [1.29, 1.82) is 0 Å². The first-order chi connectivity index (χ1) is 5.58. The molecule has 0 fully saturated rings. The summed E-state index contributed by atoms with van der Waals surface area (Å²) in [7, 11) is -1.56. The van der Waals surface area contributed by atoms with Crippen molar-refractivity contribution in [2.45, 2.75) is 6.92 Å². The highest BCUT2D eigenvalue weighted by molar-refractivity contribution is 9.10. The average molecular weight is 260 g/mol. The van der Waals surface area contributed by atoms with Crippen LogP contribution in [0.4, 0.5) is 0 Å². The van der Waals surface area contributed by atoms with Gasteiger partial charge in [-0.2, -0.15) is 4.31 Å². The van der Waals surface area contributed by atoms with Gasteiger partial charge in [0.05, 0.1) is 6.61 Å². The van der Waals surface area contributed by atoms with Crippen molar-refractivity contribution in [2.24, 2.45) is 0 Å². The SMILES string of the molecule is CCN(CCOC)S(=O)(=O)CBr. The van der Waals surface area contributed by atoms with Crippen molar-refractivity contribution >= 4 is 26.0 Å². The summed E-state index contributed by atoms with van der Waals surface area (Å²) in [6.07, 6.45) is 0. The summed E-state index contributed by atoms with van der Waals surface area (Å²) in [6.45, 7) is 3.13. The molecular formula is C6H14BrNO3S. The lowest BCUT2D eigenvalue weighted by Gasteiger charge is -2.17. The first kappa shape index (κ1) is 12.3. The second-order valence-electron chi connectivity index (χ2n) is 2.21. The van der Waals surface area contributed by atoms with Crippen molar-refractivity contribution in [3.8, 4) is 0 Å². The summed E-state index contributed by atoms with van der Waals surface area (Å²) >= 11 is 2.93. The summed E-state index contributed by atoms with van der Waals surface area (Å²) in [4.78, 5) is 0. The molecule has 0 aliphatic rings. The maximum atomic E-state index is 11.3. The molecule has 0 atom stereocenters. The van der Waals surface area contributed by atoms with Gasteiger partial charge in [0.1, 0.15) is 4.66 Å². The normalized spacial score (nSPS) is 12.3. The predicted molar refractivity (Wildman–Crippen MR) is 51.8 cm³/mol. The van der Waals surface area contributed by atoms with Gasteiger partial charge >= 0.3 is 0 Å². The molecule has 0 aromatic carbocycles. The van der Waals surface area contributed by atoms with Crippen molar-refractivity contribution in [2.75, 3.05) is 31.5 Å². The van der Waals surface area contributed by atoms with E-state index in [0.29, 0.717) is 19.7 Å². The van der Waals surface area contributed by atoms with Crippen LogP contribution in [0.15, 0.2) is 0 Å². The summed E-state index contributed by atoms with van der Waals surface area (Å²) in [6, 6.07) is 0. The van der Waals surface area contributed by atoms with Crippen LogP contribution >= 0.6 is 15.9 Å². The number of nitrogens with zero attached hydrogens (tertiary/aromatic N) is 1. The van der Waals surface area contributed by atoms with Gasteiger partial charge in [-0.25, -0.2) is 8.42 Å². The molecule has 0 spiro atoms. The maximum absolute atomic E-state index is 11.3. The molecule has 0 heterocycles. The van der Waals surface area contributed by atoms with Crippen LogP contribution in [0.3, 0.4) is 0 Å². The number of halogens is 1. The monoisotopic (exact) mass is 259 g/mol. The predicted octanol–water partition coefficient (Wildman–Crippen LogP) is 0.637. The van der Waals surface area contributed by atoms with Gasteiger partial charge in [0.2, 0.25) is 10.0 Å². The van der Waals surface area contributed by atoms with E-state index in [1.807, 2.05) is 0 Å². The van der Waals surface area contributed by atoms with Crippen LogP contribution in [-0.2, 0) is 14.8 Å². The Morgan fingerprint density at radius 3 is 2.42 bits per heavy atom. The van der Waals surface area contributed by atoms with Crippen LogP contribution in [0.2, 0.25) is 0 Å². The molecule has 0 saturated carbocycles. The van der Waals surface area contributed by atoms with E-state index in [4.69, 9.17) is 4.74 Å². The van der Waals surface area contributed by atoms with E-state index in [1.165, 1.54) is 4.31 Å². The number of rotatable bonds is 6. The van der Waals surface area contributed by atoms with Gasteiger partial charge in [-0.05, 0) is 0 Å². The molecule has 0 radical (unpaired) electrons. The zero-order chi connectivity index (χ0) is 9.61. The van der Waals surface area contributed by atoms with Crippen LogP contribution in [0.1, 0.15) is 6.92 Å². The molecule has 0 saturated heterocycles. The topological polar surface area (TPSA) is 46.6 Å². The van der Waals surface area contributed by atoms with Gasteiger partial charge in [0.15, 0.2) is 0 Å². The quantitative estimate of drug-likeness (QED) is 0.658. The lowest BCUT2D eigenvalue weighted by molar-refractivity contribution is 0.180. The first-order valence-corrected chi connectivity index (χ1v) is 6.34. The Morgan fingerprint density at radius 1 is 1.50 bits per heavy atom. The summed E-state index contributed by atoms with van der Waals surface area (Å²) in [5.74, 6) is 0. The van der Waals surface area contributed by atoms with E-state index < -0.39 is 10.0 Å². The molecule has 74 valence electrons. The number of ether oxygens (including phenoxy) is 1. The Labute approximate surface area is 82.1 Å². The third-order valence-corrected chi connectivity index (χ3v) is 4.67. The third kappa shape index (κ3) is 3.84. The van der Waals surface area contributed by atoms with Crippen molar-refractivity contribution in [1.82, 2.24) is 4.31 Å². The smallest absolute Gasteiger partial charge is 0.224 e. The van der Waals surface area contributed by atoms with Gasteiger partial charge < -0.3 is 4.74 Å². The molecule has 0 N–H and O–H groups in total. The Bertz CT molecular complexity index is 205. The van der Waals surface area contributed by atoms with Crippen LogP contribution < -0.4 is 0 Å². The zero-order valence-corrected chi connectivity index (χ0v) is 9.69. The fourth-order valence-electron chi connectivity index (χ4n) is 0.756. The number of methoxy groups -OCH3 is 1. The highest BCUT2D eigenvalue weighted by Crippen LogP contribution is 2.03. The van der Waals surface area contributed by atoms with Crippen molar-refractivity contribution in [3.05, 3.63) is 0 Å². The van der Waals surface area contributed by atoms with Gasteiger partial charge in [-0.1, -0.05) is 22.9 Å². The molecule has 0 rings (SSSR count). The Balaban J connectivity index is 4.15. The largest absolute Gasteiger partial charge is 0.383 e. The van der Waals surface area contributed by atoms with E-state index in [9.17, 15) is 8.42 Å². The molecule has 0 aromatic heterocycles. The van der Waals surface area contributed by atoms with Gasteiger partial charge in [0.25, 0.3) is 0 Å². The fraction of sp³-hybridized carbons (Fsp3) is 1.00. The van der Waals surface area contributed by atoms with E-state index in [2.05, 4.69) is 15.9 Å². The second-order valence-corrected chi connectivity index (χ2v) is 5.48. The molecule has 4 nitrogen and oxygen atoms in total. The molecular weight excluding hydrogens is 246 g/mol. The van der Waals surface area contributed by atoms with Gasteiger partial charge in [-0.15, -0.1) is 0 Å². The molecule has 0 bridgehead atoms. The number of alkyl halides is 1. The van der Waals surface area contributed by atoms with E-state index >= 15 is 0 Å². The number of hydrogen-bond donors (Lipinski definition) is 0. The van der Waals surface area contributed by atoms with Crippen LogP contribution in [0.25, 0.3) is 0 Å². The zero-order valence-electron chi connectivity index (χ0n) is 7.29. The summed E-state index contributed by atoms with van der Waals surface area (Å²) < 4.78 is 28.7. The Kier molecular flexibility index (Phi) is 6.08. The summed E-state index contributed by atoms with van der Waals surface area (Å²) in [5.41, 5.74) is 0. The minimum atomic E-state index is -3.11. The second kappa shape index (κ2) is 5.90. The number of likely N-dealkylation sites (N-methyl/N-ethyl adjacent to an activating group) is 1. The standard InChI is InChI=1S/C6H14BrNO3S/c1-3-8(4-5-11-2)12(9,10)6-7/h3-6H2,1-2H3. The molecule has 0 aliphatic heterocycles. The summed E-state index contributed by atoms with van der Waals surface area (Å²) in [5, 5.41) is 0. The molecule has 12 heavy (non-hydrogen) atoms. The van der Waals surface area contributed by atoms with E-state index in [0.717, 1.165) is 0 Å². The molecule has 0 aromatic rings. The minimum Gasteiger partial charge on any atom is -0.383 e. The van der Waals surface area contributed by atoms with E-state index in [-0.39, 0.29) is 4.66 Å². The number of hydrogen-bond acceptors (Lipinski definition) is 3. The van der Waals surface area contributed by atoms with Crippen molar-refractivity contribution in [3.63, 3.8) is 0 Å². The van der Waals surface area contributed by atoms with Crippen LogP contribution in [-0.4, -0.2) is 44.2 Å². The highest BCUT2D eigenvalue weighted by Gasteiger charge is 2.17. The van der Waals surface area contributed by atoms with Crippen molar-refractivity contribution < 1.29 is 13.2 Å². The molecule has 0 amide bonds. The Hall–Kier alpha value is 0.350. The number of sulfonamides is 1. The molecule has 0 unspecified atom stereocenters. The lowest BCUT2D eigenvalue weighted by atomic mass is 10.6.